The Bertz CT molecular complexity index is 3590. The molecule has 0 aliphatic heterocycles. The molecule has 0 aromatic heterocycles. The van der Waals surface area contributed by atoms with Crippen LogP contribution in [-0.4, -0.2) is 0 Å². The van der Waals surface area contributed by atoms with Gasteiger partial charge in [0.15, 0.2) is 0 Å². The van der Waals surface area contributed by atoms with Gasteiger partial charge in [0.05, 0.1) is 22.5 Å². The fourth-order valence-corrected chi connectivity index (χ4v) is 12.8. The van der Waals surface area contributed by atoms with Crippen molar-refractivity contribution in [3.8, 4) is 55.6 Å². The molecule has 10 aromatic carbocycles. The van der Waals surface area contributed by atoms with Crippen LogP contribution in [-0.2, 0) is 16.2 Å². The van der Waals surface area contributed by atoms with Crippen molar-refractivity contribution in [3.05, 3.63) is 281 Å². The predicted molar refractivity (Wildman–Crippen MR) is 284 cm³/mol. The molecular formula is C67H51N. The fourth-order valence-electron chi connectivity index (χ4n) is 12.8. The van der Waals surface area contributed by atoms with Crippen LogP contribution in [0.2, 0.25) is 0 Å². The zero-order valence-electron chi connectivity index (χ0n) is 39.0. The minimum absolute atomic E-state index is 0.136. The lowest BCUT2D eigenvalue weighted by Gasteiger charge is -2.35. The summed E-state index contributed by atoms with van der Waals surface area (Å²) in [6.07, 6.45) is 0. The quantitative estimate of drug-likeness (QED) is 0.154. The van der Waals surface area contributed by atoms with Gasteiger partial charge in [0, 0.05) is 27.5 Å². The van der Waals surface area contributed by atoms with E-state index >= 15 is 0 Å². The van der Waals surface area contributed by atoms with Gasteiger partial charge in [0.2, 0.25) is 0 Å². The maximum atomic E-state index is 2.61. The summed E-state index contributed by atoms with van der Waals surface area (Å²) in [5.74, 6) is 0. The molecule has 10 aromatic rings. The highest BCUT2D eigenvalue weighted by Gasteiger charge is 2.48. The first-order valence-corrected chi connectivity index (χ1v) is 24.1. The predicted octanol–water partition coefficient (Wildman–Crippen LogP) is 17.5. The van der Waals surface area contributed by atoms with E-state index < -0.39 is 5.41 Å². The molecule has 0 unspecified atom stereocenters. The molecule has 324 valence electrons. The van der Waals surface area contributed by atoms with Crippen molar-refractivity contribution in [2.75, 3.05) is 4.90 Å². The van der Waals surface area contributed by atoms with Crippen LogP contribution in [0.3, 0.4) is 0 Å². The van der Waals surface area contributed by atoms with Gasteiger partial charge >= 0.3 is 0 Å². The number of fused-ring (bicyclic) bond motifs is 9. The molecule has 3 aliphatic carbocycles. The Kier molecular flexibility index (Phi) is 8.89. The topological polar surface area (TPSA) is 3.24 Å². The van der Waals surface area contributed by atoms with Crippen molar-refractivity contribution in [1.82, 2.24) is 0 Å². The minimum atomic E-state index is -0.550. The molecule has 68 heavy (non-hydrogen) atoms. The van der Waals surface area contributed by atoms with Crippen LogP contribution < -0.4 is 4.90 Å². The lowest BCUT2D eigenvalue weighted by molar-refractivity contribution is 0.660. The molecule has 0 radical (unpaired) electrons. The summed E-state index contributed by atoms with van der Waals surface area (Å²) in [5.41, 5.74) is 25.8. The number of anilines is 3. The molecule has 0 N–H and O–H groups in total. The van der Waals surface area contributed by atoms with Crippen molar-refractivity contribution in [2.24, 2.45) is 0 Å². The second kappa shape index (κ2) is 15.0. The Balaban J connectivity index is 1.12. The van der Waals surface area contributed by atoms with Crippen LogP contribution >= 0.6 is 0 Å². The van der Waals surface area contributed by atoms with Crippen molar-refractivity contribution < 1.29 is 0 Å². The van der Waals surface area contributed by atoms with Gasteiger partial charge in [-0.1, -0.05) is 240 Å². The average Bonchev–Trinajstić information content (AvgIpc) is 3.92. The maximum Gasteiger partial charge on any atom is 0.0714 e. The summed E-state index contributed by atoms with van der Waals surface area (Å²) in [7, 11) is 0. The average molecular weight is 870 g/mol. The van der Waals surface area contributed by atoms with E-state index in [9.17, 15) is 0 Å². The molecule has 0 saturated carbocycles. The smallest absolute Gasteiger partial charge is 0.0714 e. The van der Waals surface area contributed by atoms with Gasteiger partial charge in [-0.2, -0.15) is 0 Å². The molecular weight excluding hydrogens is 819 g/mol. The largest absolute Gasteiger partial charge is 0.309 e. The molecule has 0 bridgehead atoms. The zero-order chi connectivity index (χ0) is 45.8. The van der Waals surface area contributed by atoms with Crippen LogP contribution in [0.1, 0.15) is 72.2 Å². The number of rotatable bonds is 7. The van der Waals surface area contributed by atoms with E-state index in [1.54, 1.807) is 0 Å². The van der Waals surface area contributed by atoms with Crippen molar-refractivity contribution in [1.29, 1.82) is 0 Å². The number of para-hydroxylation sites is 2. The molecule has 0 atom stereocenters. The lowest BCUT2D eigenvalue weighted by Crippen LogP contribution is -2.28. The third-order valence-electron chi connectivity index (χ3n) is 15.8. The number of hydrogen-bond acceptors (Lipinski definition) is 1. The van der Waals surface area contributed by atoms with E-state index in [4.69, 9.17) is 0 Å². The van der Waals surface area contributed by atoms with E-state index in [1.165, 1.54) is 100 Å². The fraction of sp³-hybridized carbons (Fsp3) is 0.104. The van der Waals surface area contributed by atoms with Gasteiger partial charge in [0.1, 0.15) is 0 Å². The van der Waals surface area contributed by atoms with Crippen LogP contribution in [0.15, 0.2) is 237 Å². The molecule has 0 heterocycles. The van der Waals surface area contributed by atoms with E-state index in [0.717, 1.165) is 17.1 Å². The Morgan fingerprint density at radius 1 is 0.279 bits per heavy atom. The highest BCUT2D eigenvalue weighted by Crippen LogP contribution is 2.61. The summed E-state index contributed by atoms with van der Waals surface area (Å²) in [5, 5.41) is 0. The number of nitrogens with zero attached hydrogens (tertiary/aromatic N) is 1. The molecule has 1 nitrogen and oxygen atoms in total. The molecule has 0 spiro atoms. The Labute approximate surface area is 400 Å². The minimum Gasteiger partial charge on any atom is -0.309 e. The molecule has 0 amide bonds. The Morgan fingerprint density at radius 3 is 1.37 bits per heavy atom. The SMILES string of the molecule is CC1(C)c2ccccc2-c2ccc(-c3ccccc3N(c3ccccc3-c3cccc4c3C(C)(C)c3ccccc3-4)c3cccc4c3-c3ccccc3C4(c3ccccc3)c3ccccc3)cc21. The standard InChI is InChI=1S/C67H51N/c1-65(2)55-34-16-11-28-48(55)50-42-41-44(43-59(50)65)47-27-14-19-38-60(47)68(61-39-20-15-30-51(61)53-33-21-32-52-49-29-12-17-35-56(49)66(3,4)64(52)53)62-40-22-37-58-63(62)54-31-13-18-36-57(54)67(58,45-23-7-5-8-24-45)46-25-9-6-10-26-46/h5-43H,1-4H3. The number of hydrogen-bond donors (Lipinski definition) is 0. The van der Waals surface area contributed by atoms with Crippen molar-refractivity contribution in [3.63, 3.8) is 0 Å². The van der Waals surface area contributed by atoms with Crippen molar-refractivity contribution >= 4 is 17.1 Å². The Morgan fingerprint density at radius 2 is 0.706 bits per heavy atom. The Hall–Kier alpha value is -8.00. The summed E-state index contributed by atoms with van der Waals surface area (Å²) in [4.78, 5) is 2.61. The third kappa shape index (κ3) is 5.57. The van der Waals surface area contributed by atoms with Crippen LogP contribution in [0, 0.1) is 0 Å². The molecule has 0 saturated heterocycles. The van der Waals surface area contributed by atoms with Gasteiger partial charge in [-0.25, -0.2) is 0 Å². The monoisotopic (exact) mass is 869 g/mol. The van der Waals surface area contributed by atoms with E-state index in [0.29, 0.717) is 0 Å². The highest BCUT2D eigenvalue weighted by molar-refractivity contribution is 6.03. The normalized spacial score (nSPS) is 14.8. The third-order valence-corrected chi connectivity index (χ3v) is 15.8. The van der Waals surface area contributed by atoms with Gasteiger partial charge < -0.3 is 4.90 Å². The lowest BCUT2D eigenvalue weighted by atomic mass is 9.68. The molecule has 3 aliphatic rings. The summed E-state index contributed by atoms with van der Waals surface area (Å²) in [6, 6.07) is 88.8. The summed E-state index contributed by atoms with van der Waals surface area (Å²) in [6.45, 7) is 9.56. The van der Waals surface area contributed by atoms with E-state index in [-0.39, 0.29) is 10.8 Å². The van der Waals surface area contributed by atoms with Crippen molar-refractivity contribution in [2.45, 2.75) is 43.9 Å². The first-order chi connectivity index (χ1) is 33.3. The maximum absolute atomic E-state index is 2.61. The van der Waals surface area contributed by atoms with Gasteiger partial charge in [-0.15, -0.1) is 0 Å². The van der Waals surface area contributed by atoms with E-state index in [2.05, 4.69) is 269 Å². The summed E-state index contributed by atoms with van der Waals surface area (Å²) < 4.78 is 0. The molecule has 1 heteroatoms. The first kappa shape index (κ1) is 40.3. The second-order valence-corrected chi connectivity index (χ2v) is 19.9. The summed E-state index contributed by atoms with van der Waals surface area (Å²) >= 11 is 0. The second-order valence-electron chi connectivity index (χ2n) is 19.9. The zero-order valence-corrected chi connectivity index (χ0v) is 39.0. The van der Waals surface area contributed by atoms with Crippen LogP contribution in [0.5, 0.6) is 0 Å². The van der Waals surface area contributed by atoms with Gasteiger partial charge in [-0.3, -0.25) is 0 Å². The highest BCUT2D eigenvalue weighted by atomic mass is 15.2. The number of benzene rings is 10. The molecule has 0 fully saturated rings. The molecule has 13 rings (SSSR count). The first-order valence-electron chi connectivity index (χ1n) is 24.1. The van der Waals surface area contributed by atoms with E-state index in [1.807, 2.05) is 0 Å². The van der Waals surface area contributed by atoms with Gasteiger partial charge in [0.25, 0.3) is 0 Å². The van der Waals surface area contributed by atoms with Crippen LogP contribution in [0.25, 0.3) is 55.6 Å². The van der Waals surface area contributed by atoms with Gasteiger partial charge in [-0.05, 0) is 108 Å². The van der Waals surface area contributed by atoms with Crippen LogP contribution in [0.4, 0.5) is 17.1 Å².